The standard InChI is InChI=1S/C10H14ClNO2S/c1-3-7(6-14-2)12-10(13)8-4-5-9(11)15-8/h4-5,7H,3,6H2,1-2H3,(H,12,13). The van der Waals surface area contributed by atoms with E-state index in [0.717, 1.165) is 6.42 Å². The smallest absolute Gasteiger partial charge is 0.261 e. The molecule has 0 fully saturated rings. The fraction of sp³-hybridized carbons (Fsp3) is 0.500. The van der Waals surface area contributed by atoms with Crippen molar-refractivity contribution in [2.45, 2.75) is 19.4 Å². The molecule has 84 valence electrons. The van der Waals surface area contributed by atoms with Gasteiger partial charge >= 0.3 is 0 Å². The van der Waals surface area contributed by atoms with E-state index in [2.05, 4.69) is 5.32 Å². The van der Waals surface area contributed by atoms with Gasteiger partial charge in [0.25, 0.3) is 5.91 Å². The Bertz CT molecular complexity index is 327. The van der Waals surface area contributed by atoms with Gasteiger partial charge in [-0.3, -0.25) is 4.79 Å². The van der Waals surface area contributed by atoms with Crippen LogP contribution in [0.4, 0.5) is 0 Å². The molecule has 0 saturated carbocycles. The maximum absolute atomic E-state index is 11.7. The quantitative estimate of drug-likeness (QED) is 0.869. The molecule has 0 saturated heterocycles. The van der Waals surface area contributed by atoms with Crippen LogP contribution in [0.2, 0.25) is 4.34 Å². The molecule has 0 radical (unpaired) electrons. The molecule has 0 aliphatic heterocycles. The molecule has 0 spiro atoms. The Kier molecular flexibility index (Phi) is 5.08. The van der Waals surface area contributed by atoms with E-state index >= 15 is 0 Å². The Labute approximate surface area is 98.4 Å². The zero-order chi connectivity index (χ0) is 11.3. The van der Waals surface area contributed by atoms with Crippen LogP contribution in [0.15, 0.2) is 12.1 Å². The average Bonchev–Trinajstić information content (AvgIpc) is 2.64. The van der Waals surface area contributed by atoms with Crippen molar-refractivity contribution in [2.24, 2.45) is 0 Å². The molecule has 1 N–H and O–H groups in total. The van der Waals surface area contributed by atoms with Crippen molar-refractivity contribution < 1.29 is 9.53 Å². The van der Waals surface area contributed by atoms with Crippen molar-refractivity contribution in [3.63, 3.8) is 0 Å². The Morgan fingerprint density at radius 1 is 1.67 bits per heavy atom. The minimum Gasteiger partial charge on any atom is -0.383 e. The van der Waals surface area contributed by atoms with Crippen molar-refractivity contribution in [3.8, 4) is 0 Å². The number of carbonyl (C=O) groups excluding carboxylic acids is 1. The van der Waals surface area contributed by atoms with Gasteiger partial charge in [0.2, 0.25) is 0 Å². The molecular formula is C10H14ClNO2S. The van der Waals surface area contributed by atoms with E-state index in [1.54, 1.807) is 19.2 Å². The fourth-order valence-corrected chi connectivity index (χ4v) is 2.10. The van der Waals surface area contributed by atoms with Gasteiger partial charge in [0.1, 0.15) is 0 Å². The van der Waals surface area contributed by atoms with Crippen LogP contribution < -0.4 is 5.32 Å². The number of hydrogen-bond acceptors (Lipinski definition) is 3. The highest BCUT2D eigenvalue weighted by atomic mass is 35.5. The zero-order valence-corrected chi connectivity index (χ0v) is 10.3. The predicted molar refractivity (Wildman–Crippen MR) is 62.8 cm³/mol. The first-order valence-electron chi connectivity index (χ1n) is 4.72. The van der Waals surface area contributed by atoms with Gasteiger partial charge in [-0.05, 0) is 18.6 Å². The number of ether oxygens (including phenoxy) is 1. The van der Waals surface area contributed by atoms with Crippen molar-refractivity contribution in [1.82, 2.24) is 5.32 Å². The van der Waals surface area contributed by atoms with Gasteiger partial charge in [-0.25, -0.2) is 0 Å². The SMILES string of the molecule is CCC(COC)NC(=O)c1ccc(Cl)s1. The minimum atomic E-state index is -0.0872. The number of amides is 1. The second-order valence-corrected chi connectivity index (χ2v) is 4.85. The molecule has 1 rings (SSSR count). The molecule has 0 aliphatic rings. The molecule has 1 heterocycles. The average molecular weight is 248 g/mol. The largest absolute Gasteiger partial charge is 0.383 e. The third kappa shape index (κ3) is 3.81. The second-order valence-electron chi connectivity index (χ2n) is 3.14. The fourth-order valence-electron chi connectivity index (χ4n) is 1.16. The third-order valence-electron chi connectivity index (χ3n) is 1.99. The van der Waals surface area contributed by atoms with Crippen molar-refractivity contribution in [3.05, 3.63) is 21.3 Å². The summed E-state index contributed by atoms with van der Waals surface area (Å²) < 4.78 is 5.62. The van der Waals surface area contributed by atoms with Crippen molar-refractivity contribution in [2.75, 3.05) is 13.7 Å². The number of methoxy groups -OCH3 is 1. The van der Waals surface area contributed by atoms with E-state index in [1.807, 2.05) is 6.92 Å². The van der Waals surface area contributed by atoms with Crippen LogP contribution >= 0.6 is 22.9 Å². The Balaban J connectivity index is 2.54. The minimum absolute atomic E-state index is 0.0587. The van der Waals surface area contributed by atoms with Gasteiger partial charge in [0, 0.05) is 7.11 Å². The lowest BCUT2D eigenvalue weighted by Crippen LogP contribution is -2.37. The predicted octanol–water partition coefficient (Wildman–Crippen LogP) is 2.56. The summed E-state index contributed by atoms with van der Waals surface area (Å²) in [5.41, 5.74) is 0. The Hall–Kier alpha value is -0.580. The lowest BCUT2D eigenvalue weighted by molar-refractivity contribution is 0.0898. The summed E-state index contributed by atoms with van der Waals surface area (Å²) in [6.07, 6.45) is 0.846. The van der Waals surface area contributed by atoms with Crippen molar-refractivity contribution >= 4 is 28.8 Å². The third-order valence-corrected chi connectivity index (χ3v) is 3.22. The van der Waals surface area contributed by atoms with E-state index in [0.29, 0.717) is 15.8 Å². The van der Waals surface area contributed by atoms with Gasteiger partial charge in [-0.15, -0.1) is 11.3 Å². The van der Waals surface area contributed by atoms with Crippen LogP contribution in [-0.2, 0) is 4.74 Å². The van der Waals surface area contributed by atoms with Crippen molar-refractivity contribution in [1.29, 1.82) is 0 Å². The highest BCUT2D eigenvalue weighted by molar-refractivity contribution is 7.17. The van der Waals surface area contributed by atoms with E-state index in [-0.39, 0.29) is 11.9 Å². The number of nitrogens with one attached hydrogen (secondary N) is 1. The normalized spacial score (nSPS) is 12.5. The molecule has 1 aromatic rings. The molecule has 1 atom stereocenters. The highest BCUT2D eigenvalue weighted by Gasteiger charge is 2.13. The summed E-state index contributed by atoms with van der Waals surface area (Å²) in [6.45, 7) is 2.53. The Morgan fingerprint density at radius 2 is 2.40 bits per heavy atom. The molecule has 0 aliphatic carbocycles. The second kappa shape index (κ2) is 6.10. The van der Waals surface area contributed by atoms with Crippen LogP contribution in [0.5, 0.6) is 0 Å². The van der Waals surface area contributed by atoms with Crippen LogP contribution in [0.25, 0.3) is 0 Å². The maximum Gasteiger partial charge on any atom is 0.261 e. The zero-order valence-electron chi connectivity index (χ0n) is 8.75. The van der Waals surface area contributed by atoms with E-state index in [1.165, 1.54) is 11.3 Å². The number of hydrogen-bond donors (Lipinski definition) is 1. The van der Waals surface area contributed by atoms with Gasteiger partial charge in [-0.1, -0.05) is 18.5 Å². The Morgan fingerprint density at radius 3 is 2.87 bits per heavy atom. The van der Waals surface area contributed by atoms with Crippen LogP contribution in [0, 0.1) is 0 Å². The van der Waals surface area contributed by atoms with Gasteiger partial charge in [0.15, 0.2) is 0 Å². The molecule has 15 heavy (non-hydrogen) atoms. The van der Waals surface area contributed by atoms with E-state index in [9.17, 15) is 4.79 Å². The summed E-state index contributed by atoms with van der Waals surface area (Å²) in [5, 5.41) is 2.89. The highest BCUT2D eigenvalue weighted by Crippen LogP contribution is 2.21. The summed E-state index contributed by atoms with van der Waals surface area (Å²) in [4.78, 5) is 12.3. The maximum atomic E-state index is 11.7. The molecule has 5 heteroatoms. The molecule has 3 nitrogen and oxygen atoms in total. The molecule has 1 unspecified atom stereocenters. The summed E-state index contributed by atoms with van der Waals surface area (Å²) in [6, 6.07) is 3.50. The molecular weight excluding hydrogens is 234 g/mol. The lowest BCUT2D eigenvalue weighted by Gasteiger charge is -2.14. The molecule has 1 amide bonds. The van der Waals surface area contributed by atoms with Crippen LogP contribution in [-0.4, -0.2) is 25.7 Å². The van der Waals surface area contributed by atoms with Gasteiger partial charge in [-0.2, -0.15) is 0 Å². The molecule has 0 bridgehead atoms. The van der Waals surface area contributed by atoms with Gasteiger partial charge < -0.3 is 10.1 Å². The molecule has 1 aromatic heterocycles. The topological polar surface area (TPSA) is 38.3 Å². The number of halogens is 1. The first-order chi connectivity index (χ1) is 7.17. The monoisotopic (exact) mass is 247 g/mol. The lowest BCUT2D eigenvalue weighted by atomic mass is 10.2. The number of thiophene rings is 1. The number of rotatable bonds is 5. The molecule has 0 aromatic carbocycles. The first-order valence-corrected chi connectivity index (χ1v) is 5.92. The van der Waals surface area contributed by atoms with E-state index < -0.39 is 0 Å². The van der Waals surface area contributed by atoms with E-state index in [4.69, 9.17) is 16.3 Å². The van der Waals surface area contributed by atoms with Crippen LogP contribution in [0.3, 0.4) is 0 Å². The first kappa shape index (κ1) is 12.5. The summed E-state index contributed by atoms with van der Waals surface area (Å²) >= 11 is 7.03. The summed E-state index contributed by atoms with van der Waals surface area (Å²) in [7, 11) is 1.62. The number of carbonyl (C=O) groups is 1. The van der Waals surface area contributed by atoms with Crippen LogP contribution in [0.1, 0.15) is 23.0 Å². The van der Waals surface area contributed by atoms with Gasteiger partial charge in [0.05, 0.1) is 21.9 Å². The summed E-state index contributed by atoms with van der Waals surface area (Å²) in [5.74, 6) is -0.0872.